The predicted molar refractivity (Wildman–Crippen MR) is 98.0 cm³/mol. The summed E-state index contributed by atoms with van der Waals surface area (Å²) in [7, 11) is 0. The monoisotopic (exact) mass is 368 g/mol. The van der Waals surface area contributed by atoms with Crippen LogP contribution in [0.2, 0.25) is 0 Å². The molecule has 2 heterocycles. The summed E-state index contributed by atoms with van der Waals surface area (Å²) >= 11 is 0. The molecule has 2 aromatic rings. The molecule has 0 spiro atoms. The van der Waals surface area contributed by atoms with Gasteiger partial charge in [0.2, 0.25) is 12.7 Å². The molecule has 7 nitrogen and oxygen atoms in total. The maximum absolute atomic E-state index is 12.4. The molecule has 27 heavy (non-hydrogen) atoms. The fraction of sp³-hybridized carbons (Fsp3) is 0.300. The molecule has 2 aliphatic heterocycles. The largest absolute Gasteiger partial charge is 0.484 e. The maximum Gasteiger partial charge on any atom is 0.257 e. The van der Waals surface area contributed by atoms with E-state index in [0.29, 0.717) is 36.8 Å². The molecule has 1 saturated heterocycles. The van der Waals surface area contributed by atoms with Gasteiger partial charge in [0.05, 0.1) is 0 Å². The number of amides is 2. The fourth-order valence-corrected chi connectivity index (χ4v) is 3.20. The van der Waals surface area contributed by atoms with Crippen LogP contribution in [0.15, 0.2) is 48.5 Å². The number of fused-ring (bicyclic) bond motifs is 1. The van der Waals surface area contributed by atoms with E-state index in [1.54, 1.807) is 23.1 Å². The molecule has 0 unspecified atom stereocenters. The molecule has 1 N–H and O–H groups in total. The van der Waals surface area contributed by atoms with Crippen LogP contribution in [0.25, 0.3) is 0 Å². The van der Waals surface area contributed by atoms with Gasteiger partial charge < -0.3 is 24.4 Å². The smallest absolute Gasteiger partial charge is 0.257 e. The van der Waals surface area contributed by atoms with Crippen molar-refractivity contribution in [3.8, 4) is 17.2 Å². The van der Waals surface area contributed by atoms with Gasteiger partial charge in [0.15, 0.2) is 18.1 Å². The van der Waals surface area contributed by atoms with Crippen LogP contribution in [0.4, 0.5) is 5.69 Å². The Hall–Kier alpha value is -3.22. The Bertz CT molecular complexity index is 840. The van der Waals surface area contributed by atoms with Gasteiger partial charge in [-0.25, -0.2) is 0 Å². The van der Waals surface area contributed by atoms with E-state index in [1.165, 1.54) is 0 Å². The molecule has 140 valence electrons. The Morgan fingerprint density at radius 1 is 1.15 bits per heavy atom. The zero-order valence-electron chi connectivity index (χ0n) is 14.7. The minimum atomic E-state index is -0.201. The van der Waals surface area contributed by atoms with Crippen molar-refractivity contribution < 1.29 is 23.8 Å². The van der Waals surface area contributed by atoms with Gasteiger partial charge in [0.1, 0.15) is 5.75 Å². The summed E-state index contributed by atoms with van der Waals surface area (Å²) < 4.78 is 16.1. The molecule has 2 aliphatic rings. The number of nitrogens with one attached hydrogen (secondary N) is 1. The number of rotatable bonds is 6. The first-order valence-electron chi connectivity index (χ1n) is 8.83. The Labute approximate surface area is 156 Å². The number of anilines is 1. The van der Waals surface area contributed by atoms with Crippen molar-refractivity contribution in [1.29, 1.82) is 0 Å². The summed E-state index contributed by atoms with van der Waals surface area (Å²) in [5.74, 6) is 1.88. The van der Waals surface area contributed by atoms with E-state index >= 15 is 0 Å². The van der Waals surface area contributed by atoms with Gasteiger partial charge in [-0.3, -0.25) is 9.59 Å². The molecule has 0 aromatic heterocycles. The summed E-state index contributed by atoms with van der Waals surface area (Å²) in [4.78, 5) is 26.0. The number of hydrogen-bond donors (Lipinski definition) is 1. The number of ether oxygens (including phenoxy) is 3. The Morgan fingerprint density at radius 3 is 2.81 bits per heavy atom. The van der Waals surface area contributed by atoms with Gasteiger partial charge >= 0.3 is 0 Å². The van der Waals surface area contributed by atoms with Gasteiger partial charge in [-0.1, -0.05) is 18.2 Å². The van der Waals surface area contributed by atoms with E-state index in [4.69, 9.17) is 14.2 Å². The molecule has 2 aromatic carbocycles. The van der Waals surface area contributed by atoms with Crippen molar-refractivity contribution in [2.24, 2.45) is 5.92 Å². The third-order valence-electron chi connectivity index (χ3n) is 4.57. The van der Waals surface area contributed by atoms with Crippen molar-refractivity contribution in [1.82, 2.24) is 5.32 Å². The number of para-hydroxylation sites is 1. The number of carbonyl (C=O) groups is 2. The van der Waals surface area contributed by atoms with E-state index in [-0.39, 0.29) is 31.1 Å². The average Bonchev–Trinajstić information content (AvgIpc) is 3.31. The van der Waals surface area contributed by atoms with Crippen LogP contribution >= 0.6 is 0 Å². The second-order valence-electron chi connectivity index (χ2n) is 6.52. The van der Waals surface area contributed by atoms with Crippen molar-refractivity contribution in [2.45, 2.75) is 6.42 Å². The minimum Gasteiger partial charge on any atom is -0.484 e. The highest BCUT2D eigenvalue weighted by molar-refractivity contribution is 5.96. The lowest BCUT2D eigenvalue weighted by Crippen LogP contribution is -2.34. The quantitative estimate of drug-likeness (QED) is 0.844. The van der Waals surface area contributed by atoms with E-state index in [0.717, 1.165) is 5.69 Å². The number of nitrogens with zero attached hydrogens (tertiary/aromatic N) is 1. The van der Waals surface area contributed by atoms with Crippen molar-refractivity contribution in [3.63, 3.8) is 0 Å². The second kappa shape index (κ2) is 7.57. The molecule has 4 rings (SSSR count). The average molecular weight is 368 g/mol. The van der Waals surface area contributed by atoms with Gasteiger partial charge in [0.25, 0.3) is 5.91 Å². The Kier molecular flexibility index (Phi) is 4.82. The minimum absolute atomic E-state index is 0.0358. The van der Waals surface area contributed by atoms with Crippen LogP contribution in [-0.2, 0) is 9.59 Å². The van der Waals surface area contributed by atoms with E-state index in [1.807, 2.05) is 30.3 Å². The standard InChI is InChI=1S/C20H20N2O5/c23-19(12-25-16-4-2-1-3-5-16)21-10-14-8-20(24)22(11-14)15-6-7-17-18(9-15)27-13-26-17/h1-7,9,14H,8,10-13H2,(H,21,23)/t14-/m0/s1. The molecule has 0 bridgehead atoms. The zero-order valence-corrected chi connectivity index (χ0v) is 14.7. The van der Waals surface area contributed by atoms with Crippen LogP contribution in [0.3, 0.4) is 0 Å². The highest BCUT2D eigenvalue weighted by Crippen LogP contribution is 2.37. The van der Waals surface area contributed by atoms with E-state index < -0.39 is 0 Å². The molecular weight excluding hydrogens is 348 g/mol. The fourth-order valence-electron chi connectivity index (χ4n) is 3.20. The van der Waals surface area contributed by atoms with Gasteiger partial charge in [0, 0.05) is 37.2 Å². The van der Waals surface area contributed by atoms with Crippen molar-refractivity contribution in [2.75, 3.05) is 31.4 Å². The third-order valence-corrected chi connectivity index (χ3v) is 4.57. The van der Waals surface area contributed by atoms with Crippen LogP contribution in [-0.4, -0.2) is 38.3 Å². The molecule has 1 atom stereocenters. The normalized spacial score (nSPS) is 17.9. The first kappa shape index (κ1) is 17.2. The van der Waals surface area contributed by atoms with Crippen molar-refractivity contribution >= 4 is 17.5 Å². The number of hydrogen-bond acceptors (Lipinski definition) is 5. The molecule has 0 radical (unpaired) electrons. The topological polar surface area (TPSA) is 77.1 Å². The van der Waals surface area contributed by atoms with Gasteiger partial charge in [-0.2, -0.15) is 0 Å². The molecule has 0 aliphatic carbocycles. The third kappa shape index (κ3) is 3.97. The molecule has 7 heteroatoms. The summed E-state index contributed by atoms with van der Waals surface area (Å²) in [5.41, 5.74) is 0.783. The second-order valence-corrected chi connectivity index (χ2v) is 6.52. The first-order valence-corrected chi connectivity index (χ1v) is 8.83. The number of benzene rings is 2. The maximum atomic E-state index is 12.4. The highest BCUT2D eigenvalue weighted by Gasteiger charge is 2.31. The summed E-state index contributed by atoms with van der Waals surface area (Å²) in [6.45, 7) is 1.14. The summed E-state index contributed by atoms with van der Waals surface area (Å²) in [5, 5.41) is 2.84. The molecular formula is C20H20N2O5. The van der Waals surface area contributed by atoms with E-state index in [2.05, 4.69) is 5.32 Å². The Morgan fingerprint density at radius 2 is 1.96 bits per heavy atom. The molecule has 2 amide bonds. The first-order chi connectivity index (χ1) is 13.2. The lowest BCUT2D eigenvalue weighted by atomic mass is 10.1. The lowest BCUT2D eigenvalue weighted by Gasteiger charge is -2.17. The van der Waals surface area contributed by atoms with E-state index in [9.17, 15) is 9.59 Å². The zero-order chi connectivity index (χ0) is 18.6. The number of carbonyl (C=O) groups excluding carboxylic acids is 2. The molecule has 1 fully saturated rings. The predicted octanol–water partition coefficient (Wildman–Crippen LogP) is 1.96. The SMILES string of the molecule is O=C(COc1ccccc1)NC[C@@H]1CC(=O)N(c2ccc3c(c2)OCO3)C1. The van der Waals surface area contributed by atoms with Gasteiger partial charge in [-0.15, -0.1) is 0 Å². The summed E-state index contributed by atoms with van der Waals surface area (Å²) in [6, 6.07) is 14.6. The van der Waals surface area contributed by atoms with Crippen molar-refractivity contribution in [3.05, 3.63) is 48.5 Å². The Balaban J connectivity index is 1.27. The lowest BCUT2D eigenvalue weighted by molar-refractivity contribution is -0.123. The van der Waals surface area contributed by atoms with Crippen LogP contribution < -0.4 is 24.4 Å². The molecule has 0 saturated carbocycles. The van der Waals surface area contributed by atoms with Gasteiger partial charge in [-0.05, 0) is 24.3 Å². The van der Waals surface area contributed by atoms with Crippen LogP contribution in [0.5, 0.6) is 17.2 Å². The summed E-state index contributed by atoms with van der Waals surface area (Å²) in [6.07, 6.45) is 0.397. The highest BCUT2D eigenvalue weighted by atomic mass is 16.7. The van der Waals surface area contributed by atoms with Crippen LogP contribution in [0, 0.1) is 5.92 Å². The van der Waals surface area contributed by atoms with Crippen LogP contribution in [0.1, 0.15) is 6.42 Å².